The lowest BCUT2D eigenvalue weighted by atomic mass is 9.92. The van der Waals surface area contributed by atoms with Crippen LogP contribution in [0, 0.1) is 20.8 Å². The normalized spacial score (nSPS) is 11.9. The average Bonchev–Trinajstić information content (AvgIpc) is 2.98. The molecule has 0 saturated heterocycles. The molecule has 2 aromatic heterocycles. The standard InChI is InChI=1S/C14H20N4O3/c1-6-14(7-2,13(19)20)18-12(15-16-17-18)11-8(3)9(4)21-10(11)5/h6-7H2,1-5H3,(H,19,20). The Kier molecular flexibility index (Phi) is 3.85. The molecule has 0 atom stereocenters. The summed E-state index contributed by atoms with van der Waals surface area (Å²) >= 11 is 0. The van der Waals surface area contributed by atoms with Gasteiger partial charge in [-0.3, -0.25) is 0 Å². The summed E-state index contributed by atoms with van der Waals surface area (Å²) in [6.07, 6.45) is 0.789. The van der Waals surface area contributed by atoms with E-state index in [1.165, 1.54) is 4.68 Å². The van der Waals surface area contributed by atoms with E-state index in [0.29, 0.717) is 24.4 Å². The average molecular weight is 292 g/mol. The van der Waals surface area contributed by atoms with Gasteiger partial charge in [-0.25, -0.2) is 9.48 Å². The van der Waals surface area contributed by atoms with Gasteiger partial charge >= 0.3 is 5.97 Å². The molecule has 21 heavy (non-hydrogen) atoms. The molecule has 1 N–H and O–H groups in total. The maximum Gasteiger partial charge on any atom is 0.331 e. The summed E-state index contributed by atoms with van der Waals surface area (Å²) in [7, 11) is 0. The summed E-state index contributed by atoms with van der Waals surface area (Å²) in [5, 5.41) is 21.4. The number of carboxylic acids is 1. The number of aliphatic carboxylic acids is 1. The van der Waals surface area contributed by atoms with Crippen molar-refractivity contribution in [3.05, 3.63) is 17.1 Å². The van der Waals surface area contributed by atoms with Crippen LogP contribution in [0.1, 0.15) is 43.8 Å². The van der Waals surface area contributed by atoms with Crippen molar-refractivity contribution in [2.45, 2.75) is 53.0 Å². The van der Waals surface area contributed by atoms with Crippen LogP contribution in [-0.2, 0) is 10.3 Å². The van der Waals surface area contributed by atoms with Crippen LogP contribution in [0.5, 0.6) is 0 Å². The minimum Gasteiger partial charge on any atom is -0.479 e. The topological polar surface area (TPSA) is 94.0 Å². The van der Waals surface area contributed by atoms with Gasteiger partial charge in [0.1, 0.15) is 11.5 Å². The number of rotatable bonds is 5. The summed E-state index contributed by atoms with van der Waals surface area (Å²) in [5.74, 6) is 0.975. The van der Waals surface area contributed by atoms with Crippen LogP contribution in [0.15, 0.2) is 4.42 Å². The molecule has 0 saturated carbocycles. The van der Waals surface area contributed by atoms with Gasteiger partial charge in [-0.1, -0.05) is 13.8 Å². The van der Waals surface area contributed by atoms with E-state index in [2.05, 4.69) is 15.5 Å². The van der Waals surface area contributed by atoms with Gasteiger partial charge in [-0.05, 0) is 44.0 Å². The third kappa shape index (κ3) is 2.12. The zero-order valence-electron chi connectivity index (χ0n) is 13.0. The number of hydrogen-bond donors (Lipinski definition) is 1. The molecule has 0 unspecified atom stereocenters. The van der Waals surface area contributed by atoms with Crippen LogP contribution >= 0.6 is 0 Å². The SMILES string of the molecule is CCC(CC)(C(=O)O)n1nnnc1-c1c(C)oc(C)c1C. The van der Waals surface area contributed by atoms with Gasteiger partial charge in [0.05, 0.1) is 5.56 Å². The lowest BCUT2D eigenvalue weighted by Crippen LogP contribution is -2.42. The number of tetrazole rings is 1. The lowest BCUT2D eigenvalue weighted by molar-refractivity contribution is -0.148. The molecule has 7 heteroatoms. The highest BCUT2D eigenvalue weighted by Crippen LogP contribution is 2.34. The first-order valence-electron chi connectivity index (χ1n) is 6.98. The first-order chi connectivity index (χ1) is 9.89. The molecule has 0 spiro atoms. The second kappa shape index (κ2) is 5.31. The van der Waals surface area contributed by atoms with Gasteiger partial charge in [-0.2, -0.15) is 0 Å². The molecule has 0 bridgehead atoms. The molecule has 0 aromatic carbocycles. The van der Waals surface area contributed by atoms with Gasteiger partial charge in [0.25, 0.3) is 0 Å². The number of furan rings is 1. The Bertz CT molecular complexity index is 668. The van der Waals surface area contributed by atoms with E-state index in [4.69, 9.17) is 4.42 Å². The largest absolute Gasteiger partial charge is 0.479 e. The minimum atomic E-state index is -1.15. The van der Waals surface area contributed by atoms with Crippen molar-refractivity contribution in [3.63, 3.8) is 0 Å². The molecule has 0 aliphatic heterocycles. The van der Waals surface area contributed by atoms with Crippen molar-refractivity contribution in [1.29, 1.82) is 0 Å². The highest BCUT2D eigenvalue weighted by atomic mass is 16.4. The minimum absolute atomic E-state index is 0.395. The lowest BCUT2D eigenvalue weighted by Gasteiger charge is -2.27. The fraction of sp³-hybridized carbons (Fsp3) is 0.571. The summed E-state index contributed by atoms with van der Waals surface area (Å²) in [5.41, 5.74) is 0.545. The molecule has 7 nitrogen and oxygen atoms in total. The molecule has 0 aliphatic rings. The van der Waals surface area contributed by atoms with Crippen LogP contribution in [0.4, 0.5) is 0 Å². The summed E-state index contributed by atoms with van der Waals surface area (Å²) < 4.78 is 7.02. The van der Waals surface area contributed by atoms with Crippen LogP contribution in [0.3, 0.4) is 0 Å². The molecule has 2 rings (SSSR count). The second-order valence-corrected chi connectivity index (χ2v) is 5.17. The van der Waals surface area contributed by atoms with Crippen LogP contribution in [0.2, 0.25) is 0 Å². The molecular weight excluding hydrogens is 272 g/mol. The molecule has 2 aromatic rings. The summed E-state index contributed by atoms with van der Waals surface area (Å²) in [4.78, 5) is 11.8. The van der Waals surface area contributed by atoms with Crippen molar-refractivity contribution in [1.82, 2.24) is 20.2 Å². The van der Waals surface area contributed by atoms with Gasteiger partial charge in [-0.15, -0.1) is 5.10 Å². The van der Waals surface area contributed by atoms with E-state index in [9.17, 15) is 9.90 Å². The molecular formula is C14H20N4O3. The Morgan fingerprint density at radius 3 is 2.29 bits per heavy atom. The quantitative estimate of drug-likeness (QED) is 0.909. The fourth-order valence-electron chi connectivity index (χ4n) is 2.70. The molecule has 114 valence electrons. The van der Waals surface area contributed by atoms with E-state index >= 15 is 0 Å². The Morgan fingerprint density at radius 1 is 1.24 bits per heavy atom. The van der Waals surface area contributed by atoms with Crippen molar-refractivity contribution in [2.75, 3.05) is 0 Å². The first-order valence-corrected chi connectivity index (χ1v) is 6.98. The van der Waals surface area contributed by atoms with E-state index < -0.39 is 11.5 Å². The van der Waals surface area contributed by atoms with Crippen molar-refractivity contribution in [2.24, 2.45) is 0 Å². The maximum absolute atomic E-state index is 11.8. The number of hydrogen-bond acceptors (Lipinski definition) is 5. The van der Waals surface area contributed by atoms with Crippen LogP contribution < -0.4 is 0 Å². The van der Waals surface area contributed by atoms with E-state index in [0.717, 1.165) is 16.9 Å². The third-order valence-corrected chi connectivity index (χ3v) is 4.23. The number of nitrogens with zero attached hydrogens (tertiary/aromatic N) is 4. The zero-order valence-corrected chi connectivity index (χ0v) is 13.0. The Balaban J connectivity index is 2.70. The molecule has 0 amide bonds. The predicted molar refractivity (Wildman–Crippen MR) is 75.9 cm³/mol. The van der Waals surface area contributed by atoms with Crippen molar-refractivity contribution in [3.8, 4) is 11.4 Å². The van der Waals surface area contributed by atoms with Crippen molar-refractivity contribution >= 4 is 5.97 Å². The maximum atomic E-state index is 11.8. The highest BCUT2D eigenvalue weighted by Gasteiger charge is 2.41. The predicted octanol–water partition coefficient (Wildman–Crippen LogP) is 2.46. The monoisotopic (exact) mass is 292 g/mol. The smallest absolute Gasteiger partial charge is 0.331 e. The number of carboxylic acid groups (broad SMARTS) is 1. The highest BCUT2D eigenvalue weighted by molar-refractivity contribution is 5.78. The fourth-order valence-corrected chi connectivity index (χ4v) is 2.70. The summed E-state index contributed by atoms with van der Waals surface area (Å²) in [6, 6.07) is 0. The molecule has 2 heterocycles. The van der Waals surface area contributed by atoms with Gasteiger partial charge in [0, 0.05) is 5.56 Å². The van der Waals surface area contributed by atoms with Crippen molar-refractivity contribution < 1.29 is 14.3 Å². The first kappa shape index (κ1) is 15.2. The number of aromatic nitrogens is 4. The second-order valence-electron chi connectivity index (χ2n) is 5.17. The van der Waals surface area contributed by atoms with E-state index in [1.54, 1.807) is 0 Å². The zero-order chi connectivity index (χ0) is 15.8. The van der Waals surface area contributed by atoms with E-state index in [1.807, 2.05) is 34.6 Å². The molecule has 0 aliphatic carbocycles. The van der Waals surface area contributed by atoms with Gasteiger partial charge < -0.3 is 9.52 Å². The number of aryl methyl sites for hydroxylation is 2. The summed E-state index contributed by atoms with van der Waals surface area (Å²) in [6.45, 7) is 9.26. The Morgan fingerprint density at radius 2 is 1.86 bits per heavy atom. The Hall–Kier alpha value is -2.18. The third-order valence-electron chi connectivity index (χ3n) is 4.23. The molecule has 0 fully saturated rings. The Labute approximate surface area is 123 Å². The van der Waals surface area contributed by atoms with Gasteiger partial charge in [0.15, 0.2) is 11.4 Å². The number of carbonyl (C=O) groups is 1. The molecule has 0 radical (unpaired) electrons. The van der Waals surface area contributed by atoms with E-state index in [-0.39, 0.29) is 0 Å². The van der Waals surface area contributed by atoms with Gasteiger partial charge in [0.2, 0.25) is 0 Å². The van der Waals surface area contributed by atoms with Crippen LogP contribution in [-0.4, -0.2) is 31.3 Å². The van der Waals surface area contributed by atoms with Crippen LogP contribution in [0.25, 0.3) is 11.4 Å².